The van der Waals surface area contributed by atoms with Gasteiger partial charge in [-0.1, -0.05) is 45.2 Å². The summed E-state index contributed by atoms with van der Waals surface area (Å²) >= 11 is 0. The molecule has 1 aromatic rings. The molecule has 23 heavy (non-hydrogen) atoms. The van der Waals surface area contributed by atoms with Crippen molar-refractivity contribution in [1.29, 1.82) is 0 Å². The van der Waals surface area contributed by atoms with Crippen molar-refractivity contribution >= 4 is 21.6 Å². The van der Waals surface area contributed by atoms with Gasteiger partial charge in [0.15, 0.2) is 9.84 Å². The third-order valence-electron chi connectivity index (χ3n) is 3.71. The fourth-order valence-electron chi connectivity index (χ4n) is 2.40. The highest BCUT2D eigenvalue weighted by Crippen LogP contribution is 2.14. The topological polar surface area (TPSA) is 75.3 Å². The molecule has 0 radical (unpaired) electrons. The third-order valence-corrected chi connectivity index (χ3v) is 4.57. The highest BCUT2D eigenvalue weighted by molar-refractivity contribution is 7.89. The molecule has 0 saturated carbocycles. The van der Waals surface area contributed by atoms with Crippen molar-refractivity contribution in [3.8, 4) is 0 Å². The van der Waals surface area contributed by atoms with Crippen molar-refractivity contribution in [2.75, 3.05) is 18.1 Å². The lowest BCUT2D eigenvalue weighted by Crippen LogP contribution is -2.33. The molecule has 2 N–H and O–H groups in total. The summed E-state index contributed by atoms with van der Waals surface area (Å²) < 4.78 is 22.7. The second-order valence-electron chi connectivity index (χ2n) is 6.02. The number of unbranched alkanes of at least 4 members (excludes halogenated alkanes) is 1. The molecule has 0 saturated heterocycles. The summed E-state index contributed by atoms with van der Waals surface area (Å²) in [6, 6.07) is 6.67. The summed E-state index contributed by atoms with van der Waals surface area (Å²) in [5.41, 5.74) is 1.27. The first-order chi connectivity index (χ1) is 10.8. The van der Waals surface area contributed by atoms with Crippen LogP contribution in [0.15, 0.2) is 24.3 Å². The van der Waals surface area contributed by atoms with E-state index in [0.29, 0.717) is 23.7 Å². The predicted octanol–water partition coefficient (Wildman–Crippen LogP) is 3.57. The second kappa shape index (κ2) is 9.55. The van der Waals surface area contributed by atoms with Crippen molar-refractivity contribution < 1.29 is 13.2 Å². The van der Waals surface area contributed by atoms with Gasteiger partial charge in [-0.15, -0.1) is 0 Å². The molecule has 1 rings (SSSR count). The number of urea groups is 1. The molecular weight excluding hydrogens is 312 g/mol. The van der Waals surface area contributed by atoms with Crippen LogP contribution in [-0.2, 0) is 15.6 Å². The molecule has 0 heterocycles. The number of carbonyl (C=O) groups is 1. The van der Waals surface area contributed by atoms with Crippen molar-refractivity contribution in [1.82, 2.24) is 5.32 Å². The second-order valence-corrected chi connectivity index (χ2v) is 8.16. The zero-order chi connectivity index (χ0) is 17.3. The first kappa shape index (κ1) is 19.5. The molecule has 5 nitrogen and oxygen atoms in total. The number of anilines is 1. The van der Waals surface area contributed by atoms with Gasteiger partial charge in [-0.05, 0) is 30.0 Å². The standard InChI is InChI=1S/C17H28N2O3S/c1-4-6-8-14(5-2)12-18-17(20)19-16-10-7-9-15(11-16)13-23(3,21)22/h7,9-11,14H,4-6,8,12-13H2,1-3H3,(H2,18,19,20). The molecule has 2 amide bonds. The van der Waals surface area contributed by atoms with Crippen LogP contribution < -0.4 is 10.6 Å². The Morgan fingerprint density at radius 3 is 2.61 bits per heavy atom. The van der Waals surface area contributed by atoms with E-state index in [1.54, 1.807) is 24.3 Å². The normalized spacial score (nSPS) is 12.7. The fourth-order valence-corrected chi connectivity index (χ4v) is 3.18. The Balaban J connectivity index is 2.52. The lowest BCUT2D eigenvalue weighted by molar-refractivity contribution is 0.249. The highest BCUT2D eigenvalue weighted by atomic mass is 32.2. The molecule has 1 atom stereocenters. The van der Waals surface area contributed by atoms with Crippen LogP contribution in [0.5, 0.6) is 0 Å². The van der Waals surface area contributed by atoms with Gasteiger partial charge < -0.3 is 10.6 Å². The lowest BCUT2D eigenvalue weighted by Gasteiger charge is -2.15. The van der Waals surface area contributed by atoms with Crippen LogP contribution in [0.1, 0.15) is 45.1 Å². The van der Waals surface area contributed by atoms with E-state index in [1.807, 2.05) is 0 Å². The first-order valence-electron chi connectivity index (χ1n) is 8.15. The average Bonchev–Trinajstić information content (AvgIpc) is 2.46. The van der Waals surface area contributed by atoms with Crippen LogP contribution in [0.2, 0.25) is 0 Å². The molecule has 0 aliphatic rings. The van der Waals surface area contributed by atoms with Gasteiger partial charge in [-0.2, -0.15) is 0 Å². The van der Waals surface area contributed by atoms with E-state index in [0.717, 1.165) is 19.3 Å². The van der Waals surface area contributed by atoms with Crippen LogP contribution in [0.3, 0.4) is 0 Å². The summed E-state index contributed by atoms with van der Waals surface area (Å²) in [7, 11) is -3.08. The molecule has 6 heteroatoms. The number of hydrogen-bond donors (Lipinski definition) is 2. The first-order valence-corrected chi connectivity index (χ1v) is 10.2. The van der Waals surface area contributed by atoms with Crippen LogP contribution in [0, 0.1) is 5.92 Å². The molecule has 0 aliphatic heterocycles. The molecule has 130 valence electrons. The van der Waals surface area contributed by atoms with Gasteiger partial charge in [0.1, 0.15) is 0 Å². The minimum atomic E-state index is -3.08. The number of benzene rings is 1. The van der Waals surface area contributed by atoms with E-state index in [9.17, 15) is 13.2 Å². The summed E-state index contributed by atoms with van der Waals surface area (Å²) in [5, 5.41) is 5.65. The molecule has 0 spiro atoms. The van der Waals surface area contributed by atoms with Gasteiger partial charge in [0.05, 0.1) is 5.75 Å². The molecule has 1 aromatic carbocycles. The number of hydrogen-bond acceptors (Lipinski definition) is 3. The smallest absolute Gasteiger partial charge is 0.319 e. The minimum Gasteiger partial charge on any atom is -0.338 e. The van der Waals surface area contributed by atoms with Crippen molar-refractivity contribution in [2.45, 2.75) is 45.3 Å². The predicted molar refractivity (Wildman–Crippen MR) is 95.3 cm³/mol. The van der Waals surface area contributed by atoms with E-state index in [1.165, 1.54) is 12.7 Å². The number of rotatable bonds is 9. The Kier molecular flexibility index (Phi) is 8.09. The molecule has 0 bridgehead atoms. The monoisotopic (exact) mass is 340 g/mol. The zero-order valence-electron chi connectivity index (χ0n) is 14.3. The number of carbonyl (C=O) groups excluding carboxylic acids is 1. The third kappa shape index (κ3) is 8.59. The Labute approximate surface area is 139 Å². The molecule has 0 fully saturated rings. The Morgan fingerprint density at radius 2 is 2.00 bits per heavy atom. The Hall–Kier alpha value is -1.56. The quantitative estimate of drug-likeness (QED) is 0.721. The van der Waals surface area contributed by atoms with E-state index in [4.69, 9.17) is 0 Å². The van der Waals surface area contributed by atoms with Gasteiger partial charge in [0.25, 0.3) is 0 Å². The van der Waals surface area contributed by atoms with Crippen molar-refractivity contribution in [3.63, 3.8) is 0 Å². The summed E-state index contributed by atoms with van der Waals surface area (Å²) in [5.74, 6) is 0.469. The summed E-state index contributed by atoms with van der Waals surface area (Å²) in [6.45, 7) is 4.95. The summed E-state index contributed by atoms with van der Waals surface area (Å²) in [4.78, 5) is 12.0. The molecule has 0 aliphatic carbocycles. The van der Waals surface area contributed by atoms with Gasteiger partial charge in [0.2, 0.25) is 0 Å². The van der Waals surface area contributed by atoms with E-state index in [-0.39, 0.29) is 11.8 Å². The fraction of sp³-hybridized carbons (Fsp3) is 0.588. The molecule has 1 unspecified atom stereocenters. The van der Waals surface area contributed by atoms with Crippen molar-refractivity contribution in [3.05, 3.63) is 29.8 Å². The minimum absolute atomic E-state index is 0.0287. The SMILES string of the molecule is CCCCC(CC)CNC(=O)Nc1cccc(CS(C)(=O)=O)c1. The number of amides is 2. The van der Waals surface area contributed by atoms with Crippen LogP contribution in [-0.4, -0.2) is 27.2 Å². The van der Waals surface area contributed by atoms with Gasteiger partial charge in [0, 0.05) is 18.5 Å². The molecular formula is C17H28N2O3S. The Morgan fingerprint density at radius 1 is 1.26 bits per heavy atom. The highest BCUT2D eigenvalue weighted by Gasteiger charge is 2.09. The maximum atomic E-state index is 12.0. The van der Waals surface area contributed by atoms with E-state index < -0.39 is 9.84 Å². The van der Waals surface area contributed by atoms with Crippen LogP contribution in [0.4, 0.5) is 10.5 Å². The van der Waals surface area contributed by atoms with Crippen LogP contribution in [0.25, 0.3) is 0 Å². The maximum Gasteiger partial charge on any atom is 0.319 e. The summed E-state index contributed by atoms with van der Waals surface area (Å²) in [6.07, 6.45) is 5.70. The zero-order valence-corrected chi connectivity index (χ0v) is 15.1. The van der Waals surface area contributed by atoms with Gasteiger partial charge in [-0.3, -0.25) is 0 Å². The Bertz CT molecular complexity index is 600. The van der Waals surface area contributed by atoms with Crippen molar-refractivity contribution in [2.24, 2.45) is 5.92 Å². The van der Waals surface area contributed by atoms with Gasteiger partial charge >= 0.3 is 6.03 Å². The maximum absolute atomic E-state index is 12.0. The molecule has 0 aromatic heterocycles. The van der Waals surface area contributed by atoms with E-state index in [2.05, 4.69) is 24.5 Å². The van der Waals surface area contributed by atoms with Gasteiger partial charge in [-0.25, -0.2) is 13.2 Å². The average molecular weight is 340 g/mol. The number of nitrogens with one attached hydrogen (secondary N) is 2. The van der Waals surface area contributed by atoms with E-state index >= 15 is 0 Å². The number of sulfone groups is 1. The largest absolute Gasteiger partial charge is 0.338 e. The van der Waals surface area contributed by atoms with Crippen LogP contribution >= 0.6 is 0 Å². The lowest BCUT2D eigenvalue weighted by atomic mass is 9.99.